The molecule has 10 heteroatoms. The Morgan fingerprint density at radius 1 is 0.962 bits per heavy atom. The summed E-state index contributed by atoms with van der Waals surface area (Å²) >= 11 is 0. The molecule has 0 spiro atoms. The summed E-state index contributed by atoms with van der Waals surface area (Å²) in [6, 6.07) is 17.0. The van der Waals surface area contributed by atoms with E-state index in [2.05, 4.69) is 63.7 Å². The number of imidazole rings is 1. The highest BCUT2D eigenvalue weighted by atomic mass is 16.6. The number of ether oxygens (including phenoxy) is 2. The molecule has 3 heterocycles. The van der Waals surface area contributed by atoms with Crippen LogP contribution in [0.2, 0.25) is 0 Å². The lowest BCUT2D eigenvalue weighted by Gasteiger charge is -2.32. The Labute approximate surface area is 314 Å². The summed E-state index contributed by atoms with van der Waals surface area (Å²) in [7, 11) is 0. The molecule has 2 saturated heterocycles. The second-order valence-electron chi connectivity index (χ2n) is 16.2. The van der Waals surface area contributed by atoms with E-state index in [4.69, 9.17) is 21.0 Å². The van der Waals surface area contributed by atoms with Crippen molar-refractivity contribution in [1.29, 1.82) is 0 Å². The Bertz CT molecular complexity index is 1870. The summed E-state index contributed by atoms with van der Waals surface area (Å²) in [5.74, 6) is 0.854. The number of nitrogens with one attached hydrogen (secondary N) is 2. The number of allylic oxidation sites excluding steroid dienone is 4. The monoisotopic (exact) mass is 719 g/mol. The van der Waals surface area contributed by atoms with Crippen molar-refractivity contribution in [3.8, 4) is 17.8 Å². The van der Waals surface area contributed by atoms with E-state index >= 15 is 0 Å². The molecule has 1 amide bonds. The van der Waals surface area contributed by atoms with Crippen molar-refractivity contribution < 1.29 is 19.4 Å². The fourth-order valence-corrected chi connectivity index (χ4v) is 7.32. The van der Waals surface area contributed by atoms with Crippen LogP contribution in [0, 0.1) is 6.57 Å². The predicted molar refractivity (Wildman–Crippen MR) is 211 cm³/mol. The number of benzene rings is 2. The lowest BCUT2D eigenvalue weighted by atomic mass is 9.89. The first-order valence-corrected chi connectivity index (χ1v) is 18.9. The van der Waals surface area contributed by atoms with Crippen molar-refractivity contribution in [1.82, 2.24) is 25.1 Å². The van der Waals surface area contributed by atoms with Gasteiger partial charge in [-0.25, -0.2) is 14.7 Å². The van der Waals surface area contributed by atoms with Gasteiger partial charge in [-0.3, -0.25) is 0 Å². The Kier molecular flexibility index (Phi) is 11.6. The summed E-state index contributed by atoms with van der Waals surface area (Å²) in [5, 5.41) is 14.1. The predicted octanol–water partition coefficient (Wildman–Crippen LogP) is 8.82. The number of aliphatic hydroxyl groups excluding tert-OH is 1. The minimum Gasteiger partial charge on any atom is -0.444 e. The molecule has 0 radical (unpaired) electrons. The summed E-state index contributed by atoms with van der Waals surface area (Å²) in [6.45, 7) is 19.4. The molecule has 53 heavy (non-hydrogen) atoms. The summed E-state index contributed by atoms with van der Waals surface area (Å²) in [6.07, 6.45) is 12.6. The second-order valence-corrected chi connectivity index (χ2v) is 16.2. The van der Waals surface area contributed by atoms with Crippen LogP contribution in [0.5, 0.6) is 0 Å². The SMILES string of the molecule is C#[N+]C(=CNCC1CCCN1C(=O)OC(C)(C)C)c1ccc(C2=CC=C(c3ccc(-c4cnc(C5CCCN5C(O)OC(C)(C)C)[nH]4)cc3)CC2)cc1. The molecule has 6 rings (SSSR count). The third kappa shape index (κ3) is 9.65. The van der Waals surface area contributed by atoms with Gasteiger partial charge in [-0.1, -0.05) is 48.6 Å². The average Bonchev–Trinajstić information content (AvgIpc) is 3.91. The maximum absolute atomic E-state index is 12.6. The molecule has 10 nitrogen and oxygen atoms in total. The number of hydrogen-bond donors (Lipinski definition) is 3. The third-order valence-corrected chi connectivity index (χ3v) is 9.95. The molecule has 2 aliphatic heterocycles. The number of amides is 1. The van der Waals surface area contributed by atoms with Crippen molar-refractivity contribution in [3.63, 3.8) is 0 Å². The van der Waals surface area contributed by atoms with E-state index in [1.54, 1.807) is 0 Å². The molecule has 0 bridgehead atoms. The number of aromatic nitrogens is 2. The van der Waals surface area contributed by atoms with Crippen molar-refractivity contribution in [2.45, 2.75) is 110 Å². The van der Waals surface area contributed by atoms with Crippen LogP contribution < -0.4 is 5.32 Å². The van der Waals surface area contributed by atoms with Crippen LogP contribution in [0.15, 0.2) is 73.1 Å². The minimum absolute atomic E-state index is 0.0112. The quantitative estimate of drug-likeness (QED) is 0.180. The zero-order chi connectivity index (χ0) is 37.8. The molecule has 3 aliphatic rings. The van der Waals surface area contributed by atoms with Crippen LogP contribution in [0.1, 0.15) is 109 Å². The van der Waals surface area contributed by atoms with Gasteiger partial charge in [0, 0.05) is 19.6 Å². The van der Waals surface area contributed by atoms with Gasteiger partial charge < -0.3 is 29.8 Å². The number of rotatable bonds is 10. The van der Waals surface area contributed by atoms with Gasteiger partial charge in [0.15, 0.2) is 0 Å². The number of carbonyl (C=O) groups excluding carboxylic acids is 1. The molecular formula is C43H55N6O4+. The molecule has 3 atom stereocenters. The van der Waals surface area contributed by atoms with E-state index < -0.39 is 17.6 Å². The number of carbonyl (C=O) groups is 1. The van der Waals surface area contributed by atoms with Crippen molar-refractivity contribution in [2.24, 2.45) is 0 Å². The Hall–Kier alpha value is -4.69. The van der Waals surface area contributed by atoms with E-state index in [1.165, 1.54) is 22.3 Å². The Balaban J connectivity index is 1.05. The standard InChI is InChI=1S/C43H55N6O4/c1-42(2,3)52-40(50)48-24-8-10-35(48)26-45-27-36(44-7)33-20-16-31(17-21-33)29-12-14-30(15-13-29)32-18-22-34(23-19-32)37-28-46-39(47-37)38-11-9-25-49(38)41(51)53-43(4,5)6/h7,12,14,16-23,27-28,35,38,41,45,51H,8-11,13,15,24-26H2,1-6H3,(H,46,47)/q+1. The maximum Gasteiger partial charge on any atom is 0.410 e. The smallest absolute Gasteiger partial charge is 0.410 e. The van der Waals surface area contributed by atoms with Gasteiger partial charge in [0.2, 0.25) is 6.41 Å². The number of nitrogens with zero attached hydrogens (tertiary/aromatic N) is 4. The first kappa shape index (κ1) is 38.0. The molecular weight excluding hydrogens is 665 g/mol. The van der Waals surface area contributed by atoms with E-state index in [-0.39, 0.29) is 18.2 Å². The summed E-state index contributed by atoms with van der Waals surface area (Å²) in [4.78, 5) is 28.7. The molecule has 2 aromatic carbocycles. The maximum atomic E-state index is 12.6. The molecule has 3 unspecified atom stereocenters. The van der Waals surface area contributed by atoms with Crippen LogP contribution in [0.3, 0.4) is 0 Å². The topological polar surface area (TPSA) is 107 Å². The number of aliphatic hydroxyl groups is 1. The zero-order valence-corrected chi connectivity index (χ0v) is 32.1. The molecule has 280 valence electrons. The molecule has 3 N–H and O–H groups in total. The number of likely N-dealkylation sites (tertiary alicyclic amines) is 2. The second kappa shape index (κ2) is 16.1. The van der Waals surface area contributed by atoms with Gasteiger partial charge in [-0.15, -0.1) is 0 Å². The fraction of sp³-hybridized carbons (Fsp3) is 0.465. The van der Waals surface area contributed by atoms with Gasteiger partial charge in [0.05, 0.1) is 41.3 Å². The van der Waals surface area contributed by atoms with Crippen molar-refractivity contribution in [3.05, 3.63) is 100 Å². The van der Waals surface area contributed by atoms with E-state index in [9.17, 15) is 9.90 Å². The Morgan fingerprint density at radius 3 is 2.19 bits per heavy atom. The first-order valence-electron chi connectivity index (χ1n) is 18.9. The lowest BCUT2D eigenvalue weighted by molar-refractivity contribution is -0.243. The van der Waals surface area contributed by atoms with Crippen LogP contribution in [0.25, 0.3) is 32.9 Å². The van der Waals surface area contributed by atoms with Crippen LogP contribution >= 0.6 is 0 Å². The van der Waals surface area contributed by atoms with Crippen molar-refractivity contribution >= 4 is 22.9 Å². The number of H-pyrrole nitrogens is 1. The largest absolute Gasteiger partial charge is 0.444 e. The minimum atomic E-state index is -0.966. The van der Waals surface area contributed by atoms with E-state index in [0.717, 1.165) is 67.7 Å². The lowest BCUT2D eigenvalue weighted by Crippen LogP contribution is -2.43. The number of hydrogen-bond acceptors (Lipinski definition) is 7. The van der Waals surface area contributed by atoms with E-state index in [0.29, 0.717) is 18.8 Å². The zero-order valence-electron chi connectivity index (χ0n) is 32.1. The molecule has 0 saturated carbocycles. The molecule has 1 aliphatic carbocycles. The fourth-order valence-electron chi connectivity index (χ4n) is 7.32. The first-order chi connectivity index (χ1) is 25.3. The van der Waals surface area contributed by atoms with E-state index in [1.807, 2.05) is 75.9 Å². The van der Waals surface area contributed by atoms with Crippen LogP contribution in [-0.4, -0.2) is 74.3 Å². The van der Waals surface area contributed by atoms with Crippen LogP contribution in [0.4, 0.5) is 4.79 Å². The highest BCUT2D eigenvalue weighted by Crippen LogP contribution is 2.36. The molecule has 3 aromatic rings. The van der Waals surface area contributed by atoms with Crippen LogP contribution in [-0.2, 0) is 9.47 Å². The summed E-state index contributed by atoms with van der Waals surface area (Å²) in [5.41, 5.74) is 7.64. The van der Waals surface area contributed by atoms with Gasteiger partial charge >= 0.3 is 11.8 Å². The van der Waals surface area contributed by atoms with Gasteiger partial charge in [0.1, 0.15) is 11.4 Å². The average molecular weight is 720 g/mol. The normalized spacial score (nSPS) is 20.5. The van der Waals surface area contributed by atoms with Crippen molar-refractivity contribution in [2.75, 3.05) is 19.6 Å². The highest BCUT2D eigenvalue weighted by molar-refractivity contribution is 5.80. The van der Waals surface area contributed by atoms with Gasteiger partial charge in [-0.2, -0.15) is 0 Å². The Morgan fingerprint density at radius 2 is 1.58 bits per heavy atom. The number of aromatic amines is 1. The third-order valence-electron chi connectivity index (χ3n) is 9.95. The molecule has 1 aromatic heterocycles. The molecule has 2 fully saturated rings. The van der Waals surface area contributed by atoms with Gasteiger partial charge in [0.25, 0.3) is 6.57 Å². The summed E-state index contributed by atoms with van der Waals surface area (Å²) < 4.78 is 11.4. The van der Waals surface area contributed by atoms with Gasteiger partial charge in [-0.05, 0) is 125 Å². The highest BCUT2D eigenvalue weighted by Gasteiger charge is 2.35.